The van der Waals surface area contributed by atoms with Crippen LogP contribution >= 0.6 is 35.0 Å². The second kappa shape index (κ2) is 7.08. The highest BCUT2D eigenvalue weighted by Crippen LogP contribution is 2.25. The number of amidine groups is 1. The van der Waals surface area contributed by atoms with Gasteiger partial charge in [0.1, 0.15) is 5.25 Å². The molecule has 0 bridgehead atoms. The van der Waals surface area contributed by atoms with Gasteiger partial charge in [-0.25, -0.2) is 4.39 Å². The van der Waals surface area contributed by atoms with Gasteiger partial charge in [-0.15, -0.1) is 5.10 Å². The molecule has 1 amide bonds. The molecular formula is C12H8Cl2FN3O3S. The van der Waals surface area contributed by atoms with E-state index in [1.807, 2.05) is 0 Å². The number of benzene rings is 1. The molecule has 0 radical (unpaired) electrons. The number of hydrogen-bond donors (Lipinski definition) is 2. The van der Waals surface area contributed by atoms with Crippen LogP contribution in [0.1, 0.15) is 12.0 Å². The van der Waals surface area contributed by atoms with Gasteiger partial charge in [-0.1, -0.05) is 35.0 Å². The molecule has 0 aromatic heterocycles. The zero-order chi connectivity index (χ0) is 16.3. The number of amides is 1. The number of aliphatic carboxylic acids is 1. The summed E-state index contributed by atoms with van der Waals surface area (Å²) in [5.41, 5.74) is -0.0325. The summed E-state index contributed by atoms with van der Waals surface area (Å²) in [6.45, 7) is 0. The Kier molecular flexibility index (Phi) is 5.38. The molecule has 6 nitrogen and oxygen atoms in total. The first-order valence-corrected chi connectivity index (χ1v) is 7.46. The Morgan fingerprint density at radius 1 is 1.45 bits per heavy atom. The number of carbonyl (C=O) groups excluding carboxylic acids is 1. The Morgan fingerprint density at radius 3 is 2.82 bits per heavy atom. The Balaban J connectivity index is 2.11. The van der Waals surface area contributed by atoms with Crippen molar-refractivity contribution in [1.82, 2.24) is 5.32 Å². The zero-order valence-electron chi connectivity index (χ0n) is 10.7. The average Bonchev–Trinajstić information content (AvgIpc) is 2.78. The summed E-state index contributed by atoms with van der Waals surface area (Å²) in [6, 6.07) is 2.72. The number of rotatable bonds is 4. The predicted octanol–water partition coefficient (Wildman–Crippen LogP) is 2.53. The molecule has 22 heavy (non-hydrogen) atoms. The first-order chi connectivity index (χ1) is 10.4. The van der Waals surface area contributed by atoms with Gasteiger partial charge >= 0.3 is 5.97 Å². The van der Waals surface area contributed by atoms with Crippen LogP contribution in [0.2, 0.25) is 10.0 Å². The molecule has 1 aliphatic heterocycles. The minimum Gasteiger partial charge on any atom is -0.481 e. The van der Waals surface area contributed by atoms with Gasteiger partial charge in [0.05, 0.1) is 28.2 Å². The van der Waals surface area contributed by atoms with Crippen LogP contribution in [0.15, 0.2) is 22.3 Å². The summed E-state index contributed by atoms with van der Waals surface area (Å²) >= 11 is 12.4. The number of carbonyl (C=O) groups is 2. The molecule has 1 heterocycles. The van der Waals surface area contributed by atoms with Gasteiger partial charge in [0, 0.05) is 0 Å². The van der Waals surface area contributed by atoms with E-state index in [1.165, 1.54) is 12.1 Å². The lowest BCUT2D eigenvalue weighted by atomic mass is 10.2. The van der Waals surface area contributed by atoms with E-state index in [0.29, 0.717) is 0 Å². The maximum atomic E-state index is 13.7. The average molecular weight is 364 g/mol. The van der Waals surface area contributed by atoms with Gasteiger partial charge < -0.3 is 10.4 Å². The van der Waals surface area contributed by atoms with Crippen molar-refractivity contribution in [2.75, 3.05) is 0 Å². The van der Waals surface area contributed by atoms with Gasteiger partial charge in [-0.3, -0.25) is 9.59 Å². The van der Waals surface area contributed by atoms with Crippen molar-refractivity contribution in [2.45, 2.75) is 11.7 Å². The lowest BCUT2D eigenvalue weighted by molar-refractivity contribution is -0.138. The summed E-state index contributed by atoms with van der Waals surface area (Å²) < 4.78 is 13.7. The normalized spacial score (nSPS) is 19.9. The minimum absolute atomic E-state index is 0.0325. The van der Waals surface area contributed by atoms with Gasteiger partial charge in [0.2, 0.25) is 5.91 Å². The van der Waals surface area contributed by atoms with Crippen molar-refractivity contribution in [3.8, 4) is 0 Å². The van der Waals surface area contributed by atoms with Crippen LogP contribution in [0.3, 0.4) is 0 Å². The van der Waals surface area contributed by atoms with Gasteiger partial charge in [-0.05, 0) is 12.1 Å². The number of thioether (sulfide) groups is 1. The van der Waals surface area contributed by atoms with Crippen LogP contribution in [0.25, 0.3) is 0 Å². The largest absolute Gasteiger partial charge is 0.481 e. The van der Waals surface area contributed by atoms with E-state index in [1.54, 1.807) is 0 Å². The molecular weight excluding hydrogens is 356 g/mol. The Labute approximate surface area is 138 Å². The van der Waals surface area contributed by atoms with Gasteiger partial charge in [0.25, 0.3) is 0 Å². The molecule has 1 fully saturated rings. The van der Waals surface area contributed by atoms with Crippen LogP contribution in [0.4, 0.5) is 4.39 Å². The highest BCUT2D eigenvalue weighted by Gasteiger charge is 2.32. The summed E-state index contributed by atoms with van der Waals surface area (Å²) in [5.74, 6) is -2.29. The molecule has 1 aromatic carbocycles. The van der Waals surface area contributed by atoms with Crippen LogP contribution in [-0.4, -0.2) is 33.6 Å². The summed E-state index contributed by atoms with van der Waals surface area (Å²) in [7, 11) is 0. The fraction of sp³-hybridized carbons (Fsp3) is 0.167. The molecule has 116 valence electrons. The van der Waals surface area contributed by atoms with E-state index in [2.05, 4.69) is 15.5 Å². The topological polar surface area (TPSA) is 91.1 Å². The van der Waals surface area contributed by atoms with E-state index in [9.17, 15) is 14.0 Å². The number of halogens is 3. The van der Waals surface area contributed by atoms with E-state index >= 15 is 0 Å². The molecule has 1 aliphatic rings. The second-order valence-electron chi connectivity index (χ2n) is 4.10. The van der Waals surface area contributed by atoms with E-state index in [0.717, 1.165) is 18.0 Å². The van der Waals surface area contributed by atoms with Crippen LogP contribution in [0.5, 0.6) is 0 Å². The zero-order valence-corrected chi connectivity index (χ0v) is 13.0. The van der Waals surface area contributed by atoms with Crippen LogP contribution < -0.4 is 5.32 Å². The van der Waals surface area contributed by atoms with Crippen molar-refractivity contribution in [3.63, 3.8) is 0 Å². The molecule has 2 rings (SSSR count). The maximum Gasteiger partial charge on any atom is 0.305 e. The third-order valence-corrected chi connectivity index (χ3v) is 4.25. The molecule has 1 atom stereocenters. The smallest absolute Gasteiger partial charge is 0.305 e. The van der Waals surface area contributed by atoms with Crippen LogP contribution in [-0.2, 0) is 9.59 Å². The third-order valence-electron chi connectivity index (χ3n) is 2.55. The van der Waals surface area contributed by atoms with Crippen molar-refractivity contribution in [2.24, 2.45) is 10.2 Å². The lowest BCUT2D eigenvalue weighted by Crippen LogP contribution is -2.26. The number of nitrogens with zero attached hydrogens (tertiary/aromatic N) is 2. The summed E-state index contributed by atoms with van der Waals surface area (Å²) in [6.07, 6.45) is 0.738. The number of nitrogens with one attached hydrogen (secondary N) is 1. The van der Waals surface area contributed by atoms with Crippen molar-refractivity contribution >= 4 is 58.2 Å². The second-order valence-corrected chi connectivity index (χ2v) is 6.11. The molecule has 1 aromatic rings. The first kappa shape index (κ1) is 16.7. The van der Waals surface area contributed by atoms with Gasteiger partial charge in [0.15, 0.2) is 11.0 Å². The molecule has 1 unspecified atom stereocenters. The molecule has 0 saturated carbocycles. The van der Waals surface area contributed by atoms with E-state index < -0.39 is 22.9 Å². The van der Waals surface area contributed by atoms with Crippen molar-refractivity contribution < 1.29 is 19.1 Å². The Morgan fingerprint density at radius 2 is 2.14 bits per heavy atom. The van der Waals surface area contributed by atoms with E-state index in [4.69, 9.17) is 28.3 Å². The molecule has 10 heteroatoms. The Hall–Kier alpha value is -1.64. The molecule has 1 saturated heterocycles. The first-order valence-electron chi connectivity index (χ1n) is 5.82. The monoisotopic (exact) mass is 363 g/mol. The summed E-state index contributed by atoms with van der Waals surface area (Å²) in [5, 5.41) is 17.7. The fourth-order valence-corrected chi connectivity index (χ4v) is 2.82. The number of carboxylic acid groups (broad SMARTS) is 1. The van der Waals surface area contributed by atoms with Crippen molar-refractivity contribution in [1.29, 1.82) is 0 Å². The van der Waals surface area contributed by atoms with Gasteiger partial charge in [-0.2, -0.15) is 5.10 Å². The lowest BCUT2D eigenvalue weighted by Gasteiger charge is -2.00. The standard InChI is InChI=1S/C12H8Cl2FN3O3S/c13-6-1-2-7(14)10(15)5(6)4-16-18-12-17-11(21)8(22-12)3-9(19)20/h1-2,4,8H,3H2,(H,19,20)(H,17,18,21). The number of carboxylic acids is 1. The fourth-order valence-electron chi connectivity index (χ4n) is 1.55. The molecule has 0 spiro atoms. The quantitative estimate of drug-likeness (QED) is 0.488. The van der Waals surface area contributed by atoms with Crippen molar-refractivity contribution in [3.05, 3.63) is 33.6 Å². The highest BCUT2D eigenvalue weighted by atomic mass is 35.5. The highest BCUT2D eigenvalue weighted by molar-refractivity contribution is 8.15. The minimum atomic E-state index is -1.09. The SMILES string of the molecule is O=C(O)CC1SC(=NN=Cc2c(Cl)ccc(Cl)c2F)NC1=O. The maximum absolute atomic E-state index is 13.7. The number of hydrogen-bond acceptors (Lipinski definition) is 5. The molecule has 2 N–H and O–H groups in total. The predicted molar refractivity (Wildman–Crippen MR) is 83.2 cm³/mol. The van der Waals surface area contributed by atoms with Crippen LogP contribution in [0, 0.1) is 5.82 Å². The Bertz CT molecular complexity index is 696. The molecule has 0 aliphatic carbocycles. The van der Waals surface area contributed by atoms with E-state index in [-0.39, 0.29) is 27.2 Å². The summed E-state index contributed by atoms with van der Waals surface area (Å²) in [4.78, 5) is 22.1. The third kappa shape index (κ3) is 3.96.